The lowest BCUT2D eigenvalue weighted by molar-refractivity contribution is -0.132. The summed E-state index contributed by atoms with van der Waals surface area (Å²) in [5.41, 5.74) is 6.60. The van der Waals surface area contributed by atoms with Crippen molar-refractivity contribution in [3.63, 3.8) is 0 Å². The van der Waals surface area contributed by atoms with Gasteiger partial charge in [-0.15, -0.1) is 0 Å². The van der Waals surface area contributed by atoms with Gasteiger partial charge >= 0.3 is 0 Å². The van der Waals surface area contributed by atoms with E-state index in [-0.39, 0.29) is 24.8 Å². The third-order valence-electron chi connectivity index (χ3n) is 4.81. The number of ether oxygens (including phenoxy) is 1. The highest BCUT2D eigenvalue weighted by atomic mass is 16.5. The van der Waals surface area contributed by atoms with Crippen LogP contribution in [0.3, 0.4) is 0 Å². The van der Waals surface area contributed by atoms with E-state index in [1.807, 2.05) is 67.3 Å². The molecule has 0 bridgehead atoms. The minimum absolute atomic E-state index is 0.0658. The minimum atomic E-state index is -0.464. The van der Waals surface area contributed by atoms with Crippen LogP contribution in [0.5, 0.6) is 5.75 Å². The molecule has 3 amide bonds. The Labute approximate surface area is 190 Å². The van der Waals surface area contributed by atoms with Crippen LogP contribution in [-0.4, -0.2) is 42.3 Å². The van der Waals surface area contributed by atoms with Gasteiger partial charge in [0.25, 0.3) is 5.91 Å². The molecule has 0 heterocycles. The van der Waals surface area contributed by atoms with Gasteiger partial charge in [-0.25, -0.2) is 0 Å². The molecular formula is C25H33N3O4. The number of nitrogens with one attached hydrogen (secondary N) is 2. The molecule has 0 atom stereocenters. The average molecular weight is 440 g/mol. The maximum atomic E-state index is 12.2. The number of hydrogen-bond acceptors (Lipinski definition) is 4. The molecule has 0 fully saturated rings. The van der Waals surface area contributed by atoms with Gasteiger partial charge in [-0.3, -0.25) is 25.2 Å². The van der Waals surface area contributed by atoms with Crippen LogP contribution < -0.4 is 15.6 Å². The second kappa shape index (κ2) is 13.9. The fourth-order valence-electron chi connectivity index (χ4n) is 3.29. The second-order valence-electron chi connectivity index (χ2n) is 7.48. The summed E-state index contributed by atoms with van der Waals surface area (Å²) in [6, 6.07) is 17.2. The SMILES string of the molecule is CCCN(CCC)C(=O)CCCC(=O)NNC(=O)COc1ccccc1-c1ccccc1. The van der Waals surface area contributed by atoms with Crippen molar-refractivity contribution >= 4 is 17.7 Å². The van der Waals surface area contributed by atoms with Crippen LogP contribution in [0.4, 0.5) is 0 Å². The van der Waals surface area contributed by atoms with Crippen LogP contribution in [0.15, 0.2) is 54.6 Å². The molecular weight excluding hydrogens is 406 g/mol. The molecule has 32 heavy (non-hydrogen) atoms. The van der Waals surface area contributed by atoms with Gasteiger partial charge < -0.3 is 9.64 Å². The summed E-state index contributed by atoms with van der Waals surface area (Å²) in [6.07, 6.45) is 2.74. The van der Waals surface area contributed by atoms with E-state index in [0.717, 1.165) is 37.1 Å². The summed E-state index contributed by atoms with van der Waals surface area (Å²) >= 11 is 0. The number of hydrazine groups is 1. The highest BCUT2D eigenvalue weighted by molar-refractivity contribution is 5.83. The summed E-state index contributed by atoms with van der Waals surface area (Å²) in [6.45, 7) is 5.32. The molecule has 0 aromatic heterocycles. The van der Waals surface area contributed by atoms with E-state index in [1.54, 1.807) is 6.07 Å². The van der Waals surface area contributed by atoms with Crippen molar-refractivity contribution in [2.24, 2.45) is 0 Å². The van der Waals surface area contributed by atoms with Crippen molar-refractivity contribution in [1.29, 1.82) is 0 Å². The lowest BCUT2D eigenvalue weighted by atomic mass is 10.1. The molecule has 172 valence electrons. The number of carbonyl (C=O) groups is 3. The van der Waals surface area contributed by atoms with E-state index >= 15 is 0 Å². The lowest BCUT2D eigenvalue weighted by Gasteiger charge is -2.21. The maximum absolute atomic E-state index is 12.2. The van der Waals surface area contributed by atoms with Crippen molar-refractivity contribution < 1.29 is 19.1 Å². The molecule has 0 unspecified atom stereocenters. The quantitative estimate of drug-likeness (QED) is 0.494. The van der Waals surface area contributed by atoms with Crippen molar-refractivity contribution in [2.45, 2.75) is 46.0 Å². The minimum Gasteiger partial charge on any atom is -0.483 e. The van der Waals surface area contributed by atoms with Crippen LogP contribution in [0.1, 0.15) is 46.0 Å². The summed E-state index contributed by atoms with van der Waals surface area (Å²) in [7, 11) is 0. The average Bonchev–Trinajstić information content (AvgIpc) is 2.82. The lowest BCUT2D eigenvalue weighted by Crippen LogP contribution is -2.43. The molecule has 7 nitrogen and oxygen atoms in total. The molecule has 0 aliphatic rings. The van der Waals surface area contributed by atoms with E-state index in [1.165, 1.54) is 0 Å². The smallest absolute Gasteiger partial charge is 0.276 e. The highest BCUT2D eigenvalue weighted by Gasteiger charge is 2.13. The Bertz CT molecular complexity index is 865. The van der Waals surface area contributed by atoms with E-state index in [0.29, 0.717) is 18.6 Å². The van der Waals surface area contributed by atoms with Gasteiger partial charge in [-0.1, -0.05) is 62.4 Å². The molecule has 0 aliphatic heterocycles. The summed E-state index contributed by atoms with van der Waals surface area (Å²) in [4.78, 5) is 38.1. The van der Waals surface area contributed by atoms with Gasteiger partial charge in [-0.05, 0) is 30.9 Å². The van der Waals surface area contributed by atoms with Gasteiger partial charge in [0.05, 0.1) is 0 Å². The van der Waals surface area contributed by atoms with E-state index in [9.17, 15) is 14.4 Å². The van der Waals surface area contributed by atoms with Gasteiger partial charge in [0.1, 0.15) is 5.75 Å². The first-order valence-electron chi connectivity index (χ1n) is 11.2. The molecule has 0 radical (unpaired) electrons. The first kappa shape index (κ1) is 24.9. The molecule has 2 aromatic carbocycles. The summed E-state index contributed by atoms with van der Waals surface area (Å²) < 4.78 is 5.66. The first-order chi connectivity index (χ1) is 15.5. The Morgan fingerprint density at radius 1 is 0.812 bits per heavy atom. The molecule has 0 spiro atoms. The third-order valence-corrected chi connectivity index (χ3v) is 4.81. The molecule has 0 saturated carbocycles. The molecule has 2 N–H and O–H groups in total. The van der Waals surface area contributed by atoms with Gasteiger partial charge in [0.2, 0.25) is 11.8 Å². The zero-order chi connectivity index (χ0) is 23.2. The Morgan fingerprint density at radius 3 is 2.12 bits per heavy atom. The van der Waals surface area contributed by atoms with Crippen LogP contribution >= 0.6 is 0 Å². The fourth-order valence-corrected chi connectivity index (χ4v) is 3.29. The monoisotopic (exact) mass is 439 g/mol. The van der Waals surface area contributed by atoms with Crippen LogP contribution in [-0.2, 0) is 14.4 Å². The Balaban J connectivity index is 1.71. The Morgan fingerprint density at radius 2 is 1.44 bits per heavy atom. The normalized spacial score (nSPS) is 10.3. The summed E-state index contributed by atoms with van der Waals surface area (Å²) in [5, 5.41) is 0. The van der Waals surface area contributed by atoms with Crippen LogP contribution in [0, 0.1) is 0 Å². The number of amides is 3. The van der Waals surface area contributed by atoms with Crippen LogP contribution in [0.2, 0.25) is 0 Å². The first-order valence-corrected chi connectivity index (χ1v) is 11.2. The fraction of sp³-hybridized carbons (Fsp3) is 0.400. The molecule has 2 aromatic rings. The number of benzene rings is 2. The Hall–Kier alpha value is -3.35. The number of para-hydroxylation sites is 1. The van der Waals surface area contributed by atoms with Crippen molar-refractivity contribution in [3.8, 4) is 16.9 Å². The zero-order valence-electron chi connectivity index (χ0n) is 18.9. The topological polar surface area (TPSA) is 87.7 Å². The van der Waals surface area contributed by atoms with Crippen LogP contribution in [0.25, 0.3) is 11.1 Å². The Kier molecular flexibility index (Phi) is 10.8. The molecule has 0 aliphatic carbocycles. The van der Waals surface area contributed by atoms with E-state index in [2.05, 4.69) is 10.9 Å². The largest absolute Gasteiger partial charge is 0.483 e. The number of rotatable bonds is 12. The van der Waals surface area contributed by atoms with Crippen molar-refractivity contribution in [1.82, 2.24) is 15.8 Å². The van der Waals surface area contributed by atoms with Gasteiger partial charge in [-0.2, -0.15) is 0 Å². The standard InChI is InChI=1S/C25H33N3O4/c1-3-17-28(18-4-2)25(31)16-10-15-23(29)26-27-24(30)19-32-22-14-9-8-13-21(22)20-11-6-5-7-12-20/h5-9,11-14H,3-4,10,15-19H2,1-2H3,(H,26,29)(H,27,30). The van der Waals surface area contributed by atoms with Gasteiger partial charge in [0.15, 0.2) is 6.61 Å². The summed E-state index contributed by atoms with van der Waals surface area (Å²) in [5.74, 6) is -0.152. The van der Waals surface area contributed by atoms with E-state index < -0.39 is 5.91 Å². The van der Waals surface area contributed by atoms with Crippen molar-refractivity contribution in [3.05, 3.63) is 54.6 Å². The number of carbonyl (C=O) groups excluding carboxylic acids is 3. The molecule has 0 saturated heterocycles. The third kappa shape index (κ3) is 8.41. The predicted molar refractivity (Wildman–Crippen MR) is 125 cm³/mol. The zero-order valence-corrected chi connectivity index (χ0v) is 18.9. The van der Waals surface area contributed by atoms with E-state index in [4.69, 9.17) is 4.74 Å². The second-order valence-corrected chi connectivity index (χ2v) is 7.48. The highest BCUT2D eigenvalue weighted by Crippen LogP contribution is 2.29. The predicted octanol–water partition coefficient (Wildman–Crippen LogP) is 3.70. The molecule has 7 heteroatoms. The maximum Gasteiger partial charge on any atom is 0.276 e. The number of nitrogens with zero attached hydrogens (tertiary/aromatic N) is 1. The molecule has 2 rings (SSSR count). The number of hydrogen-bond donors (Lipinski definition) is 2. The van der Waals surface area contributed by atoms with Crippen molar-refractivity contribution in [2.75, 3.05) is 19.7 Å². The van der Waals surface area contributed by atoms with Gasteiger partial charge in [0, 0.05) is 31.5 Å².